The van der Waals surface area contributed by atoms with E-state index in [0.29, 0.717) is 42.5 Å². The van der Waals surface area contributed by atoms with Gasteiger partial charge in [-0.05, 0) is 42.0 Å². The second kappa shape index (κ2) is 10.3. The van der Waals surface area contributed by atoms with E-state index in [0.717, 1.165) is 0 Å². The predicted octanol–water partition coefficient (Wildman–Crippen LogP) is 1.77. The summed E-state index contributed by atoms with van der Waals surface area (Å²) in [7, 11) is -6.01. The van der Waals surface area contributed by atoms with Crippen LogP contribution in [0.4, 0.5) is 0 Å². The summed E-state index contributed by atoms with van der Waals surface area (Å²) in [5.74, 6) is 0.291. The Kier molecular flexibility index (Phi) is 7.95. The van der Waals surface area contributed by atoms with Gasteiger partial charge in [-0.1, -0.05) is 23.7 Å². The van der Waals surface area contributed by atoms with Crippen molar-refractivity contribution in [3.8, 4) is 5.75 Å². The van der Waals surface area contributed by atoms with Gasteiger partial charge in [0.15, 0.2) is 0 Å². The van der Waals surface area contributed by atoms with Crippen molar-refractivity contribution >= 4 is 31.6 Å². The Morgan fingerprint density at radius 3 is 2.39 bits per heavy atom. The zero-order chi connectivity index (χ0) is 22.5. The number of halogens is 1. The van der Waals surface area contributed by atoms with Gasteiger partial charge in [-0.2, -0.15) is 8.61 Å². The highest BCUT2D eigenvalue weighted by Gasteiger charge is 2.29. The Bertz CT molecular complexity index is 1090. The van der Waals surface area contributed by atoms with Gasteiger partial charge >= 0.3 is 0 Å². The molecule has 1 saturated heterocycles. The number of sulfonamides is 2. The summed E-state index contributed by atoms with van der Waals surface area (Å²) in [6.45, 7) is 1.75. The van der Waals surface area contributed by atoms with Crippen LogP contribution in [-0.4, -0.2) is 71.0 Å². The lowest BCUT2D eigenvalue weighted by Crippen LogP contribution is -2.48. The van der Waals surface area contributed by atoms with Crippen molar-refractivity contribution in [2.45, 2.75) is 11.4 Å². The molecular weight excluding hydrogens is 462 g/mol. The summed E-state index contributed by atoms with van der Waals surface area (Å²) >= 11 is 5.90. The molecule has 0 radical (unpaired) electrons. The summed E-state index contributed by atoms with van der Waals surface area (Å²) < 4.78 is 60.1. The molecule has 170 valence electrons. The molecule has 1 N–H and O–H groups in total. The topological polar surface area (TPSA) is 96.0 Å². The fourth-order valence-electron chi connectivity index (χ4n) is 3.28. The van der Waals surface area contributed by atoms with Crippen LogP contribution in [0.25, 0.3) is 0 Å². The minimum Gasteiger partial charge on any atom is -0.497 e. The van der Waals surface area contributed by atoms with Crippen LogP contribution in [0.3, 0.4) is 0 Å². The monoisotopic (exact) mass is 487 g/mol. The van der Waals surface area contributed by atoms with E-state index >= 15 is 0 Å². The van der Waals surface area contributed by atoms with Crippen molar-refractivity contribution in [3.63, 3.8) is 0 Å². The number of ether oxygens (including phenoxy) is 1. The Morgan fingerprint density at radius 1 is 1.06 bits per heavy atom. The van der Waals surface area contributed by atoms with Crippen LogP contribution in [0, 0.1) is 0 Å². The van der Waals surface area contributed by atoms with Crippen molar-refractivity contribution in [2.24, 2.45) is 0 Å². The van der Waals surface area contributed by atoms with Gasteiger partial charge < -0.3 is 10.1 Å². The molecule has 0 aromatic heterocycles. The quantitative estimate of drug-likeness (QED) is 0.579. The Labute approximate surface area is 188 Å². The van der Waals surface area contributed by atoms with Gasteiger partial charge in [0.25, 0.3) is 0 Å². The van der Waals surface area contributed by atoms with E-state index < -0.39 is 20.0 Å². The van der Waals surface area contributed by atoms with Crippen molar-refractivity contribution in [2.75, 3.05) is 45.6 Å². The third kappa shape index (κ3) is 6.18. The zero-order valence-electron chi connectivity index (χ0n) is 17.2. The number of rotatable bonds is 9. The van der Waals surface area contributed by atoms with Gasteiger partial charge in [0.1, 0.15) is 5.75 Å². The minimum atomic E-state index is -3.95. The Hall–Kier alpha value is -1.69. The second-order valence-electron chi connectivity index (χ2n) is 7.11. The largest absolute Gasteiger partial charge is 0.497 e. The molecule has 11 heteroatoms. The first-order valence-corrected chi connectivity index (χ1v) is 13.2. The molecule has 2 aromatic rings. The van der Waals surface area contributed by atoms with Crippen molar-refractivity contribution < 1.29 is 21.6 Å². The zero-order valence-corrected chi connectivity index (χ0v) is 19.6. The van der Waals surface area contributed by atoms with Crippen LogP contribution < -0.4 is 10.1 Å². The molecule has 1 aliphatic rings. The van der Waals surface area contributed by atoms with Crippen molar-refractivity contribution in [1.82, 2.24) is 13.9 Å². The average Bonchev–Trinajstić information content (AvgIpc) is 2.77. The van der Waals surface area contributed by atoms with Crippen LogP contribution in [0.2, 0.25) is 5.02 Å². The number of hydrogen-bond donors (Lipinski definition) is 1. The maximum atomic E-state index is 13.3. The van der Waals surface area contributed by atoms with E-state index in [1.54, 1.807) is 24.3 Å². The fraction of sp³-hybridized carbons (Fsp3) is 0.400. The number of piperazine rings is 1. The highest BCUT2D eigenvalue weighted by atomic mass is 35.5. The summed E-state index contributed by atoms with van der Waals surface area (Å²) in [6.07, 6.45) is 0. The molecule has 1 aliphatic heterocycles. The first-order valence-electron chi connectivity index (χ1n) is 9.79. The van der Waals surface area contributed by atoms with Gasteiger partial charge in [0.05, 0.1) is 17.8 Å². The normalized spacial score (nSPS) is 15.8. The lowest BCUT2D eigenvalue weighted by atomic mass is 10.2. The van der Waals surface area contributed by atoms with Crippen LogP contribution >= 0.6 is 11.6 Å². The highest BCUT2D eigenvalue weighted by Crippen LogP contribution is 2.22. The van der Waals surface area contributed by atoms with Crippen molar-refractivity contribution in [3.05, 3.63) is 59.1 Å². The lowest BCUT2D eigenvalue weighted by Gasteiger charge is -2.28. The number of hydrogen-bond acceptors (Lipinski definition) is 6. The first-order chi connectivity index (χ1) is 14.7. The lowest BCUT2D eigenvalue weighted by molar-refractivity contribution is 0.355. The van der Waals surface area contributed by atoms with Gasteiger partial charge in [-0.15, -0.1) is 0 Å². The third-order valence-corrected chi connectivity index (χ3v) is 8.97. The molecule has 0 spiro atoms. The standard InChI is InChI=1S/C20H26ClN3O5S2/c1-29-19-4-2-3-17(15-19)16-24(31(27,28)20-7-5-18(21)6-8-20)13-14-30(25,26)23-11-9-22-10-12-23/h2-8,15,22H,9-14,16H2,1H3. The van der Waals surface area contributed by atoms with E-state index in [-0.39, 0.29) is 23.7 Å². The average molecular weight is 488 g/mol. The number of nitrogens with one attached hydrogen (secondary N) is 1. The molecule has 1 heterocycles. The number of nitrogens with zero attached hydrogens (tertiary/aromatic N) is 2. The summed E-state index contributed by atoms with van der Waals surface area (Å²) in [5, 5.41) is 3.53. The van der Waals surface area contributed by atoms with E-state index in [2.05, 4.69) is 5.32 Å². The van der Waals surface area contributed by atoms with Crippen LogP contribution in [0.1, 0.15) is 5.56 Å². The Balaban J connectivity index is 1.87. The van der Waals surface area contributed by atoms with Crippen LogP contribution in [0.15, 0.2) is 53.4 Å². The molecule has 0 aliphatic carbocycles. The number of methoxy groups -OCH3 is 1. The highest BCUT2D eigenvalue weighted by molar-refractivity contribution is 7.90. The maximum Gasteiger partial charge on any atom is 0.243 e. The fourth-order valence-corrected chi connectivity index (χ4v) is 6.40. The molecule has 0 bridgehead atoms. The van der Waals surface area contributed by atoms with Gasteiger partial charge in [-0.3, -0.25) is 0 Å². The van der Waals surface area contributed by atoms with Gasteiger partial charge in [0.2, 0.25) is 20.0 Å². The van der Waals surface area contributed by atoms with Gasteiger partial charge in [0, 0.05) is 44.3 Å². The van der Waals surface area contributed by atoms with Crippen LogP contribution in [-0.2, 0) is 26.6 Å². The predicted molar refractivity (Wildman–Crippen MR) is 120 cm³/mol. The molecule has 0 atom stereocenters. The molecule has 0 unspecified atom stereocenters. The molecule has 1 fully saturated rings. The third-order valence-electron chi connectivity index (χ3n) is 5.01. The van der Waals surface area contributed by atoms with Crippen molar-refractivity contribution in [1.29, 1.82) is 0 Å². The smallest absolute Gasteiger partial charge is 0.243 e. The van der Waals surface area contributed by atoms with E-state index in [9.17, 15) is 16.8 Å². The van der Waals surface area contributed by atoms with E-state index in [4.69, 9.17) is 16.3 Å². The van der Waals surface area contributed by atoms with Gasteiger partial charge in [-0.25, -0.2) is 16.8 Å². The summed E-state index contributed by atoms with van der Waals surface area (Å²) in [5.41, 5.74) is 0.691. The Morgan fingerprint density at radius 2 is 1.74 bits per heavy atom. The van der Waals surface area contributed by atoms with Crippen LogP contribution in [0.5, 0.6) is 5.75 Å². The molecular formula is C20H26ClN3O5S2. The maximum absolute atomic E-state index is 13.3. The second-order valence-corrected chi connectivity index (χ2v) is 11.6. The SMILES string of the molecule is COc1cccc(CN(CCS(=O)(=O)N2CCNCC2)S(=O)(=O)c2ccc(Cl)cc2)c1. The molecule has 3 rings (SSSR count). The molecule has 2 aromatic carbocycles. The van der Waals surface area contributed by atoms with E-state index in [1.165, 1.54) is 40.0 Å². The molecule has 0 amide bonds. The summed E-state index contributed by atoms with van der Waals surface area (Å²) in [6, 6.07) is 12.9. The molecule has 0 saturated carbocycles. The number of benzene rings is 2. The summed E-state index contributed by atoms with van der Waals surface area (Å²) in [4.78, 5) is 0.0550. The first kappa shape index (κ1) is 24.0. The molecule has 31 heavy (non-hydrogen) atoms. The minimum absolute atomic E-state index is 0.0131. The molecule has 8 nitrogen and oxygen atoms in total. The van der Waals surface area contributed by atoms with E-state index in [1.807, 2.05) is 0 Å².